The maximum absolute atomic E-state index is 11.3. The first-order valence-electron chi connectivity index (χ1n) is 7.03. The van der Waals surface area contributed by atoms with E-state index in [-0.39, 0.29) is 44.6 Å². The van der Waals surface area contributed by atoms with Gasteiger partial charge in [0.05, 0.1) is 5.39 Å². The summed E-state index contributed by atoms with van der Waals surface area (Å²) in [4.78, 5) is 11.3. The van der Waals surface area contributed by atoms with Gasteiger partial charge in [-0.1, -0.05) is 40.5 Å². The second kappa shape index (κ2) is 13.3. The largest absolute Gasteiger partial charge is 0.504 e. The van der Waals surface area contributed by atoms with Crippen LogP contribution < -0.4 is 5.43 Å². The normalized spacial score (nSPS) is 8.60. The summed E-state index contributed by atoms with van der Waals surface area (Å²) in [6.07, 6.45) is 0. The lowest BCUT2D eigenvalue weighted by molar-refractivity contribution is -0.176. The van der Waals surface area contributed by atoms with Crippen LogP contribution in [0.1, 0.15) is 22.3 Å². The number of phenolic OH excluding ortho intramolecular Hbond substituents is 6. The van der Waals surface area contributed by atoms with Gasteiger partial charge in [0.15, 0.2) is 34.5 Å². The van der Waals surface area contributed by atoms with E-state index in [0.29, 0.717) is 0 Å². The van der Waals surface area contributed by atoms with Gasteiger partial charge in [0, 0.05) is 0 Å². The molecule has 3 aromatic carbocycles. The van der Waals surface area contributed by atoms with Crippen LogP contribution in [0.15, 0.2) is 47.3 Å². The average molecular weight is 428 g/mol. The van der Waals surface area contributed by atoms with Gasteiger partial charge >= 0.3 is 0 Å². The van der Waals surface area contributed by atoms with Crippen LogP contribution in [0, 0.1) is 0 Å². The summed E-state index contributed by atoms with van der Waals surface area (Å²) in [6.45, 7) is 0. The second-order valence-electron chi connectivity index (χ2n) is 4.94. The van der Waals surface area contributed by atoms with Crippen LogP contribution in [0.3, 0.4) is 0 Å². The molecular weight excluding hydrogens is 400 g/mol. The Labute approximate surface area is 173 Å². The van der Waals surface area contributed by atoms with Crippen molar-refractivity contribution >= 4 is 10.8 Å². The lowest BCUT2D eigenvalue weighted by atomic mass is 10.1. The van der Waals surface area contributed by atoms with E-state index >= 15 is 0 Å². The highest BCUT2D eigenvalue weighted by molar-refractivity contribution is 5.96. The van der Waals surface area contributed by atoms with Crippen LogP contribution in [0.25, 0.3) is 10.8 Å². The molecule has 10 nitrogen and oxygen atoms in total. The van der Waals surface area contributed by atoms with Crippen LogP contribution in [0.2, 0.25) is 0 Å². The lowest BCUT2D eigenvalue weighted by Gasteiger charge is -2.04. The molecule has 0 aromatic heterocycles. The van der Waals surface area contributed by atoms with E-state index in [1.807, 2.05) is 0 Å². The van der Waals surface area contributed by atoms with Gasteiger partial charge in [-0.3, -0.25) is 15.3 Å². The van der Waals surface area contributed by atoms with Gasteiger partial charge in [-0.15, -0.1) is 0 Å². The summed E-state index contributed by atoms with van der Waals surface area (Å²) in [5.74, 6) is -3.78. The standard InChI is InChI=1S/C11H8O5.C6H6O3.3CH4.H2O2/c12-6-3-1-2-5-4-7(13)10(15)11(16)8(5)9(6)14;7-4-2-1-3-5(8)6(4)9;;;;1-2/h1-4,13,15-16H,(H,12,14);1-3,7-9H;3*1H4;1-2H. The van der Waals surface area contributed by atoms with E-state index in [1.54, 1.807) is 0 Å². The Morgan fingerprint density at radius 1 is 0.533 bits per heavy atom. The van der Waals surface area contributed by atoms with Gasteiger partial charge in [0.2, 0.25) is 11.2 Å². The van der Waals surface area contributed by atoms with Gasteiger partial charge in [-0.05, 0) is 29.7 Å². The number of rotatable bonds is 0. The average Bonchev–Trinajstić information content (AvgIpc) is 2.79. The monoisotopic (exact) mass is 428 g/mol. The Morgan fingerprint density at radius 3 is 1.47 bits per heavy atom. The number of aromatic hydroxyl groups is 7. The second-order valence-corrected chi connectivity index (χ2v) is 4.94. The summed E-state index contributed by atoms with van der Waals surface area (Å²) in [7, 11) is 0. The molecule has 168 valence electrons. The number of hydrogen-bond acceptors (Lipinski definition) is 10. The van der Waals surface area contributed by atoms with Gasteiger partial charge in [-0.25, -0.2) is 0 Å². The number of benzene rings is 2. The molecule has 0 amide bonds. The topological polar surface area (TPSA) is 199 Å². The van der Waals surface area contributed by atoms with E-state index in [0.717, 1.165) is 12.1 Å². The number of fused-ring (bicyclic) bond motifs is 1. The fourth-order valence-electron chi connectivity index (χ4n) is 2.01. The van der Waals surface area contributed by atoms with Crippen LogP contribution >= 0.6 is 0 Å². The van der Waals surface area contributed by atoms with E-state index in [9.17, 15) is 25.2 Å². The molecule has 9 N–H and O–H groups in total. The van der Waals surface area contributed by atoms with Crippen molar-refractivity contribution in [3.8, 4) is 40.2 Å². The highest BCUT2D eigenvalue weighted by Gasteiger charge is 2.14. The van der Waals surface area contributed by atoms with Crippen LogP contribution in [0.4, 0.5) is 0 Å². The fourth-order valence-corrected chi connectivity index (χ4v) is 2.01. The molecule has 0 radical (unpaired) electrons. The van der Waals surface area contributed by atoms with Crippen molar-refractivity contribution in [3.63, 3.8) is 0 Å². The summed E-state index contributed by atoms with van der Waals surface area (Å²) in [5.41, 5.74) is -0.685. The number of hydrogen-bond donors (Lipinski definition) is 9. The summed E-state index contributed by atoms with van der Waals surface area (Å²) in [6, 6.07) is 9.07. The van der Waals surface area contributed by atoms with Crippen molar-refractivity contribution in [2.45, 2.75) is 22.3 Å². The number of para-hydroxylation sites is 1. The molecule has 0 saturated carbocycles. The fraction of sp³-hybridized carbons (Fsp3) is 0.150. The highest BCUT2D eigenvalue weighted by Crippen LogP contribution is 2.42. The SMILES string of the molecule is C.C.C.O=c1cccc2cc(O)c(O)c(O)c2c1O.OO.Oc1cccc(O)c1O. The van der Waals surface area contributed by atoms with Gasteiger partial charge in [0.25, 0.3) is 0 Å². The molecule has 0 bridgehead atoms. The zero-order chi connectivity index (χ0) is 20.7. The minimum absolute atomic E-state index is 0. The van der Waals surface area contributed by atoms with E-state index < -0.39 is 34.2 Å². The first kappa shape index (κ1) is 30.8. The molecule has 0 unspecified atom stereocenters. The molecule has 0 aliphatic heterocycles. The van der Waals surface area contributed by atoms with Gasteiger partial charge < -0.3 is 35.7 Å². The van der Waals surface area contributed by atoms with Crippen molar-refractivity contribution in [1.82, 2.24) is 0 Å². The Kier molecular flexibility index (Phi) is 13.7. The molecule has 0 spiro atoms. The Balaban J connectivity index is -0.000000453. The van der Waals surface area contributed by atoms with Crippen LogP contribution in [0.5, 0.6) is 40.2 Å². The van der Waals surface area contributed by atoms with E-state index in [2.05, 4.69) is 0 Å². The number of phenols is 6. The molecule has 10 heteroatoms. The summed E-state index contributed by atoms with van der Waals surface area (Å²) < 4.78 is 0. The zero-order valence-corrected chi connectivity index (χ0v) is 13.5. The maximum atomic E-state index is 11.3. The van der Waals surface area contributed by atoms with Gasteiger partial charge in [-0.2, -0.15) is 0 Å². The zero-order valence-electron chi connectivity index (χ0n) is 13.5. The minimum atomic E-state index is -0.770. The van der Waals surface area contributed by atoms with E-state index in [4.69, 9.17) is 25.8 Å². The molecule has 0 aliphatic rings. The van der Waals surface area contributed by atoms with Crippen molar-refractivity contribution in [2.24, 2.45) is 0 Å². The molecule has 0 fully saturated rings. The highest BCUT2D eigenvalue weighted by atomic mass is 17.0. The molecular formula is C20H28O10. The van der Waals surface area contributed by atoms with Crippen LogP contribution in [-0.2, 0) is 0 Å². The Hall–Kier alpha value is -3.89. The van der Waals surface area contributed by atoms with Crippen molar-refractivity contribution in [1.29, 1.82) is 0 Å². The molecule has 3 aromatic rings. The molecule has 0 heterocycles. The van der Waals surface area contributed by atoms with Crippen molar-refractivity contribution < 1.29 is 46.3 Å². The maximum Gasteiger partial charge on any atom is 0.220 e. The lowest BCUT2D eigenvalue weighted by Crippen LogP contribution is -1.93. The van der Waals surface area contributed by atoms with Gasteiger partial charge in [0.1, 0.15) is 0 Å². The van der Waals surface area contributed by atoms with Crippen LogP contribution in [-0.4, -0.2) is 46.3 Å². The Morgan fingerprint density at radius 2 is 1.00 bits per heavy atom. The van der Waals surface area contributed by atoms with Crippen molar-refractivity contribution in [3.05, 3.63) is 52.7 Å². The Bertz CT molecular complexity index is 982. The van der Waals surface area contributed by atoms with Crippen molar-refractivity contribution in [2.75, 3.05) is 0 Å². The minimum Gasteiger partial charge on any atom is -0.504 e. The predicted molar refractivity (Wildman–Crippen MR) is 114 cm³/mol. The third-order valence-electron chi connectivity index (χ3n) is 3.27. The third-order valence-corrected chi connectivity index (χ3v) is 3.27. The quantitative estimate of drug-likeness (QED) is 0.144. The third kappa shape index (κ3) is 6.62. The van der Waals surface area contributed by atoms with E-state index in [1.165, 1.54) is 30.3 Å². The first-order valence-corrected chi connectivity index (χ1v) is 7.03. The first-order chi connectivity index (χ1) is 12.7. The molecule has 30 heavy (non-hydrogen) atoms. The molecule has 3 rings (SSSR count). The summed E-state index contributed by atoms with van der Waals surface area (Å²) >= 11 is 0. The molecule has 0 aliphatic carbocycles. The molecule has 0 saturated heterocycles. The summed E-state index contributed by atoms with van der Waals surface area (Å²) in [5, 5.41) is 75.8. The predicted octanol–water partition coefficient (Wildman–Crippen LogP) is 3.75. The molecule has 0 atom stereocenters. The smallest absolute Gasteiger partial charge is 0.220 e.